The molecule has 1 saturated heterocycles. The van der Waals surface area contributed by atoms with Crippen molar-refractivity contribution < 1.29 is 4.74 Å². The topological polar surface area (TPSA) is 38.5 Å². The number of hydrogen-bond acceptors (Lipinski definition) is 4. The third-order valence-electron chi connectivity index (χ3n) is 3.17. The summed E-state index contributed by atoms with van der Waals surface area (Å²) < 4.78 is 6.97. The number of nitrogens with two attached hydrogens (primary N) is 1. The van der Waals surface area contributed by atoms with Gasteiger partial charge in [0.05, 0.1) is 22.5 Å². The molecule has 1 aromatic heterocycles. The van der Waals surface area contributed by atoms with Gasteiger partial charge in [0, 0.05) is 24.0 Å². The molecule has 2 N–H and O–H groups in total. The van der Waals surface area contributed by atoms with Gasteiger partial charge in [0.2, 0.25) is 0 Å². The molecule has 1 fully saturated rings. The van der Waals surface area contributed by atoms with Crippen molar-refractivity contribution >= 4 is 27.3 Å². The summed E-state index contributed by atoms with van der Waals surface area (Å²) in [7, 11) is 0. The van der Waals surface area contributed by atoms with E-state index in [1.807, 2.05) is 0 Å². The van der Waals surface area contributed by atoms with E-state index in [4.69, 9.17) is 10.5 Å². The van der Waals surface area contributed by atoms with Crippen LogP contribution < -0.4 is 5.73 Å². The Kier molecular flexibility index (Phi) is 4.60. The second kappa shape index (κ2) is 5.80. The smallest absolute Gasteiger partial charge is 0.0902 e. The monoisotopic (exact) mass is 318 g/mol. The summed E-state index contributed by atoms with van der Waals surface area (Å²) in [6, 6.07) is 5.08. The van der Waals surface area contributed by atoms with Crippen LogP contribution in [-0.2, 0) is 4.74 Å². The molecule has 0 saturated carbocycles. The predicted molar refractivity (Wildman–Crippen MR) is 75.4 cm³/mol. The highest BCUT2D eigenvalue weighted by molar-refractivity contribution is 9.11. The maximum Gasteiger partial charge on any atom is 0.0902 e. The van der Waals surface area contributed by atoms with Gasteiger partial charge in [-0.3, -0.25) is 4.90 Å². The van der Waals surface area contributed by atoms with Crippen LogP contribution in [0.3, 0.4) is 0 Å². The zero-order valence-electron chi connectivity index (χ0n) is 10.2. The summed E-state index contributed by atoms with van der Waals surface area (Å²) in [6.45, 7) is 6.80. The predicted octanol–water partition coefficient (Wildman–Crippen LogP) is 2.62. The summed E-state index contributed by atoms with van der Waals surface area (Å²) in [5.41, 5.74) is 5.84. The second-order valence-electron chi connectivity index (χ2n) is 4.56. The van der Waals surface area contributed by atoms with Crippen molar-refractivity contribution in [3.05, 3.63) is 20.8 Å². The van der Waals surface area contributed by atoms with E-state index in [1.165, 1.54) is 4.88 Å². The first-order valence-electron chi connectivity index (χ1n) is 5.96. The lowest BCUT2D eigenvalue weighted by molar-refractivity contribution is -0.0777. The molecular weight excluding hydrogens is 300 g/mol. The average molecular weight is 319 g/mol. The van der Waals surface area contributed by atoms with Crippen LogP contribution >= 0.6 is 27.3 Å². The van der Waals surface area contributed by atoms with Gasteiger partial charge >= 0.3 is 0 Å². The van der Waals surface area contributed by atoms with Crippen molar-refractivity contribution in [2.45, 2.75) is 32.0 Å². The largest absolute Gasteiger partial charge is 0.374 e. The molecule has 0 spiro atoms. The first-order valence-corrected chi connectivity index (χ1v) is 7.57. The summed E-state index contributed by atoms with van der Waals surface area (Å²) in [4.78, 5) is 3.82. The Morgan fingerprint density at radius 2 is 2.35 bits per heavy atom. The molecule has 0 amide bonds. The Bertz CT molecular complexity index is 369. The number of halogens is 1. The van der Waals surface area contributed by atoms with Crippen LogP contribution in [0.25, 0.3) is 0 Å². The fraction of sp³-hybridized carbons (Fsp3) is 0.667. The Labute approximate surface area is 115 Å². The summed E-state index contributed by atoms with van der Waals surface area (Å²) in [6.07, 6.45) is 0.108. The van der Waals surface area contributed by atoms with Gasteiger partial charge in [-0.05, 0) is 41.9 Å². The Morgan fingerprint density at radius 3 is 2.88 bits per heavy atom. The molecule has 96 valence electrons. The minimum atomic E-state index is 0.108. The van der Waals surface area contributed by atoms with Gasteiger partial charge in [-0.1, -0.05) is 0 Å². The van der Waals surface area contributed by atoms with Crippen molar-refractivity contribution in [3.63, 3.8) is 0 Å². The molecule has 1 aromatic rings. The average Bonchev–Trinajstić information content (AvgIpc) is 2.74. The standard InChI is InChI=1S/C12H19BrN2OS/c1-8(2)15-5-6-16-9(7-14)12(15)10-3-4-11(13)17-10/h3-4,8-9,12H,5-7,14H2,1-2H3. The summed E-state index contributed by atoms with van der Waals surface area (Å²) in [5, 5.41) is 0. The van der Waals surface area contributed by atoms with Crippen molar-refractivity contribution in [2.75, 3.05) is 19.7 Å². The first-order chi connectivity index (χ1) is 8.13. The highest BCUT2D eigenvalue weighted by Crippen LogP contribution is 2.36. The van der Waals surface area contributed by atoms with E-state index in [-0.39, 0.29) is 6.10 Å². The highest BCUT2D eigenvalue weighted by atomic mass is 79.9. The molecule has 2 atom stereocenters. The van der Waals surface area contributed by atoms with Crippen molar-refractivity contribution in [2.24, 2.45) is 5.73 Å². The van der Waals surface area contributed by atoms with Gasteiger partial charge in [0.25, 0.3) is 0 Å². The Morgan fingerprint density at radius 1 is 1.59 bits per heavy atom. The molecule has 3 nitrogen and oxygen atoms in total. The zero-order chi connectivity index (χ0) is 12.4. The molecular formula is C12H19BrN2OS. The van der Waals surface area contributed by atoms with Crippen LogP contribution in [0.5, 0.6) is 0 Å². The lowest BCUT2D eigenvalue weighted by Crippen LogP contribution is -2.50. The quantitative estimate of drug-likeness (QED) is 0.931. The maximum absolute atomic E-state index is 5.84. The SMILES string of the molecule is CC(C)N1CCOC(CN)C1c1ccc(Br)s1. The van der Waals surface area contributed by atoms with E-state index in [0.717, 1.165) is 16.9 Å². The van der Waals surface area contributed by atoms with E-state index < -0.39 is 0 Å². The van der Waals surface area contributed by atoms with E-state index in [2.05, 4.69) is 46.8 Å². The molecule has 2 rings (SSSR count). The van der Waals surface area contributed by atoms with Crippen LogP contribution in [0.1, 0.15) is 24.8 Å². The Hall–Kier alpha value is 0.0600. The van der Waals surface area contributed by atoms with Gasteiger partial charge in [-0.2, -0.15) is 0 Å². The van der Waals surface area contributed by atoms with Crippen LogP contribution in [-0.4, -0.2) is 36.7 Å². The van der Waals surface area contributed by atoms with E-state index in [1.54, 1.807) is 11.3 Å². The van der Waals surface area contributed by atoms with Gasteiger partial charge in [-0.25, -0.2) is 0 Å². The summed E-state index contributed by atoms with van der Waals surface area (Å²) in [5.74, 6) is 0. The number of morpholine rings is 1. The minimum Gasteiger partial charge on any atom is -0.374 e. The molecule has 2 heterocycles. The van der Waals surface area contributed by atoms with Crippen molar-refractivity contribution in [1.82, 2.24) is 4.90 Å². The van der Waals surface area contributed by atoms with Gasteiger partial charge in [0.1, 0.15) is 0 Å². The van der Waals surface area contributed by atoms with Crippen molar-refractivity contribution in [1.29, 1.82) is 0 Å². The molecule has 1 aliphatic rings. The van der Waals surface area contributed by atoms with E-state index in [9.17, 15) is 0 Å². The number of nitrogens with zero attached hydrogens (tertiary/aromatic N) is 1. The second-order valence-corrected chi connectivity index (χ2v) is 7.06. The van der Waals surface area contributed by atoms with Crippen molar-refractivity contribution in [3.8, 4) is 0 Å². The maximum atomic E-state index is 5.84. The third kappa shape index (κ3) is 2.90. The lowest BCUT2D eigenvalue weighted by Gasteiger charge is -2.42. The molecule has 0 bridgehead atoms. The Balaban J connectivity index is 2.28. The van der Waals surface area contributed by atoms with Crippen LogP contribution in [0.4, 0.5) is 0 Å². The molecule has 2 unspecified atom stereocenters. The molecule has 17 heavy (non-hydrogen) atoms. The molecule has 5 heteroatoms. The van der Waals surface area contributed by atoms with Crippen LogP contribution in [0.15, 0.2) is 15.9 Å². The highest BCUT2D eigenvalue weighted by Gasteiger charge is 2.34. The normalized spacial score (nSPS) is 26.6. The molecule has 1 aliphatic heterocycles. The lowest BCUT2D eigenvalue weighted by atomic mass is 10.0. The molecule has 0 aliphatic carbocycles. The first kappa shape index (κ1) is 13.5. The minimum absolute atomic E-state index is 0.108. The number of thiophene rings is 1. The fourth-order valence-corrected chi connectivity index (χ4v) is 3.96. The van der Waals surface area contributed by atoms with Crippen LogP contribution in [0, 0.1) is 0 Å². The van der Waals surface area contributed by atoms with E-state index in [0.29, 0.717) is 18.6 Å². The van der Waals surface area contributed by atoms with E-state index >= 15 is 0 Å². The zero-order valence-corrected chi connectivity index (χ0v) is 12.6. The number of hydrogen-bond donors (Lipinski definition) is 1. The number of ether oxygens (including phenoxy) is 1. The van der Waals surface area contributed by atoms with Crippen LogP contribution in [0.2, 0.25) is 0 Å². The third-order valence-corrected chi connectivity index (χ3v) is 4.87. The summed E-state index contributed by atoms with van der Waals surface area (Å²) >= 11 is 5.30. The molecule has 0 radical (unpaired) electrons. The van der Waals surface area contributed by atoms with Gasteiger partial charge in [-0.15, -0.1) is 11.3 Å². The number of rotatable bonds is 3. The molecule has 0 aromatic carbocycles. The van der Waals surface area contributed by atoms with Gasteiger partial charge < -0.3 is 10.5 Å². The fourth-order valence-electron chi connectivity index (χ4n) is 2.36. The van der Waals surface area contributed by atoms with Gasteiger partial charge in [0.15, 0.2) is 0 Å².